The monoisotopic (exact) mass is 359 g/mol. The van der Waals surface area contributed by atoms with Crippen LogP contribution in [0.25, 0.3) is 0 Å². The van der Waals surface area contributed by atoms with E-state index in [4.69, 9.17) is 16.3 Å². The van der Waals surface area contributed by atoms with Crippen LogP contribution in [0.3, 0.4) is 0 Å². The van der Waals surface area contributed by atoms with Crippen molar-refractivity contribution >= 4 is 33.2 Å². The molecule has 0 aliphatic carbocycles. The molecule has 4 nitrogen and oxygen atoms in total. The second-order valence-electron chi connectivity index (χ2n) is 3.86. The van der Waals surface area contributed by atoms with Crippen molar-refractivity contribution in [2.24, 2.45) is 0 Å². The number of halogens is 3. The summed E-state index contributed by atoms with van der Waals surface area (Å²) in [4.78, 5) is 10.3. The predicted octanol–water partition coefficient (Wildman–Crippen LogP) is 5.03. The van der Waals surface area contributed by atoms with Gasteiger partial charge in [0.25, 0.3) is 0 Å². The van der Waals surface area contributed by atoms with E-state index in [1.807, 2.05) is 0 Å². The third-order valence-corrected chi connectivity index (χ3v) is 3.29. The average Bonchev–Trinajstić information content (AvgIpc) is 2.38. The first kappa shape index (κ1) is 14.7. The molecule has 0 spiro atoms. The van der Waals surface area contributed by atoms with Gasteiger partial charge in [0.05, 0.1) is 10.8 Å². The zero-order chi connectivity index (χ0) is 14.7. The summed E-state index contributed by atoms with van der Waals surface area (Å²) in [6.45, 7) is 0. The highest BCUT2D eigenvalue weighted by Gasteiger charge is 2.18. The van der Waals surface area contributed by atoms with E-state index in [2.05, 4.69) is 15.9 Å². The normalized spacial score (nSPS) is 10.3. The van der Waals surface area contributed by atoms with E-state index in [9.17, 15) is 14.5 Å². The fourth-order valence-electron chi connectivity index (χ4n) is 1.57. The molecule has 0 N–H and O–H groups in total. The van der Waals surface area contributed by atoms with Crippen LogP contribution in [0.4, 0.5) is 10.1 Å². The van der Waals surface area contributed by atoms with Gasteiger partial charge in [0.15, 0.2) is 0 Å². The second kappa shape index (κ2) is 6.19. The largest absolute Gasteiger partial charge is 0.450 e. The summed E-state index contributed by atoms with van der Waals surface area (Å²) in [6.07, 6.45) is 0. The maximum atomic E-state index is 13.2. The molecule has 0 radical (unpaired) electrons. The highest BCUT2D eigenvalue weighted by atomic mass is 79.9. The second-order valence-corrected chi connectivity index (χ2v) is 5.04. The summed E-state index contributed by atoms with van der Waals surface area (Å²) in [5, 5.41) is 10.9. The minimum atomic E-state index is -0.632. The molecule has 104 valence electrons. The Hall–Kier alpha value is -1.66. The standard InChI is InChI=1S/C13H8BrClFNO3/c14-9-2-1-8(7-15)12(5-9)20-13-6-10(16)3-4-11(13)17(18)19/h1-6H,7H2. The van der Waals surface area contributed by atoms with Gasteiger partial charge in [-0.05, 0) is 18.2 Å². The van der Waals surface area contributed by atoms with Gasteiger partial charge in [-0.1, -0.05) is 22.0 Å². The van der Waals surface area contributed by atoms with Gasteiger partial charge in [-0.25, -0.2) is 4.39 Å². The third-order valence-electron chi connectivity index (χ3n) is 2.51. The van der Waals surface area contributed by atoms with Crippen LogP contribution in [0.1, 0.15) is 5.56 Å². The van der Waals surface area contributed by atoms with E-state index < -0.39 is 10.7 Å². The highest BCUT2D eigenvalue weighted by Crippen LogP contribution is 2.35. The van der Waals surface area contributed by atoms with Crippen molar-refractivity contribution < 1.29 is 14.1 Å². The summed E-state index contributed by atoms with van der Waals surface area (Å²) in [7, 11) is 0. The number of rotatable bonds is 4. The number of benzene rings is 2. The molecule has 0 aliphatic rings. The zero-order valence-electron chi connectivity index (χ0n) is 9.98. The minimum absolute atomic E-state index is 0.167. The fraction of sp³-hybridized carbons (Fsp3) is 0.0769. The number of hydrogen-bond donors (Lipinski definition) is 0. The molecule has 2 aromatic carbocycles. The van der Waals surface area contributed by atoms with Crippen LogP contribution in [-0.2, 0) is 5.88 Å². The smallest absolute Gasteiger partial charge is 0.311 e. The molecule has 7 heteroatoms. The molecular weight excluding hydrogens is 353 g/mol. The third kappa shape index (κ3) is 3.26. The van der Waals surface area contributed by atoms with Crippen LogP contribution in [0, 0.1) is 15.9 Å². The van der Waals surface area contributed by atoms with E-state index >= 15 is 0 Å². The molecular formula is C13H8BrClFNO3. The van der Waals surface area contributed by atoms with Crippen molar-refractivity contribution in [3.8, 4) is 11.5 Å². The highest BCUT2D eigenvalue weighted by molar-refractivity contribution is 9.10. The predicted molar refractivity (Wildman–Crippen MR) is 76.8 cm³/mol. The Morgan fingerprint density at radius 3 is 2.65 bits per heavy atom. The minimum Gasteiger partial charge on any atom is -0.450 e. The first-order chi connectivity index (χ1) is 9.51. The van der Waals surface area contributed by atoms with Crippen molar-refractivity contribution in [2.45, 2.75) is 5.88 Å². The van der Waals surface area contributed by atoms with Crippen LogP contribution in [0.2, 0.25) is 0 Å². The quantitative estimate of drug-likeness (QED) is 0.436. The molecule has 0 heterocycles. The molecule has 0 aliphatic heterocycles. The maximum absolute atomic E-state index is 13.2. The van der Waals surface area contributed by atoms with Gasteiger partial charge in [0.2, 0.25) is 5.75 Å². The summed E-state index contributed by atoms with van der Waals surface area (Å²) in [6, 6.07) is 8.14. The van der Waals surface area contributed by atoms with Crippen molar-refractivity contribution in [1.82, 2.24) is 0 Å². The number of alkyl halides is 1. The lowest BCUT2D eigenvalue weighted by Gasteiger charge is -2.10. The first-order valence-electron chi connectivity index (χ1n) is 5.47. The Morgan fingerprint density at radius 1 is 1.25 bits per heavy atom. The van der Waals surface area contributed by atoms with Gasteiger partial charge < -0.3 is 4.74 Å². The molecule has 20 heavy (non-hydrogen) atoms. The molecule has 2 rings (SSSR count). The van der Waals surface area contributed by atoms with Gasteiger partial charge in [0, 0.05) is 22.2 Å². The van der Waals surface area contributed by atoms with Gasteiger partial charge in [-0.3, -0.25) is 10.1 Å². The number of ether oxygens (including phenoxy) is 1. The molecule has 0 bridgehead atoms. The topological polar surface area (TPSA) is 52.4 Å². The van der Waals surface area contributed by atoms with Crippen LogP contribution < -0.4 is 4.74 Å². The number of nitro groups is 1. The number of nitrogens with zero attached hydrogens (tertiary/aromatic N) is 1. The Bertz CT molecular complexity index is 666. The summed E-state index contributed by atoms with van der Waals surface area (Å²) < 4.78 is 19.4. The number of nitro benzene ring substituents is 1. The van der Waals surface area contributed by atoms with Crippen molar-refractivity contribution in [2.75, 3.05) is 0 Å². The summed E-state index contributed by atoms with van der Waals surface area (Å²) in [5.74, 6) is -0.276. The Labute approximate surface area is 127 Å². The van der Waals surface area contributed by atoms with Gasteiger partial charge >= 0.3 is 5.69 Å². The maximum Gasteiger partial charge on any atom is 0.311 e. The zero-order valence-corrected chi connectivity index (χ0v) is 12.3. The SMILES string of the molecule is O=[N+]([O-])c1ccc(F)cc1Oc1cc(Br)ccc1CCl. The summed E-state index contributed by atoms with van der Waals surface area (Å²) in [5.41, 5.74) is 0.334. The average molecular weight is 361 g/mol. The van der Waals surface area contributed by atoms with Crippen LogP contribution >= 0.6 is 27.5 Å². The molecule has 0 fully saturated rings. The van der Waals surface area contributed by atoms with Crippen LogP contribution in [0.5, 0.6) is 11.5 Å². The van der Waals surface area contributed by atoms with E-state index in [0.29, 0.717) is 11.3 Å². The van der Waals surface area contributed by atoms with Gasteiger partial charge in [-0.15, -0.1) is 11.6 Å². The molecule has 0 saturated heterocycles. The van der Waals surface area contributed by atoms with Crippen LogP contribution in [-0.4, -0.2) is 4.92 Å². The fourth-order valence-corrected chi connectivity index (χ4v) is 2.13. The molecule has 0 aromatic heterocycles. The van der Waals surface area contributed by atoms with E-state index in [-0.39, 0.29) is 17.3 Å². The van der Waals surface area contributed by atoms with Crippen molar-refractivity contribution in [3.63, 3.8) is 0 Å². The van der Waals surface area contributed by atoms with E-state index in [1.54, 1.807) is 18.2 Å². The molecule has 0 atom stereocenters. The Morgan fingerprint density at radius 2 is 2.00 bits per heavy atom. The molecule has 2 aromatic rings. The molecule has 0 unspecified atom stereocenters. The van der Waals surface area contributed by atoms with Gasteiger partial charge in [0.1, 0.15) is 11.6 Å². The van der Waals surface area contributed by atoms with E-state index in [0.717, 1.165) is 22.7 Å². The van der Waals surface area contributed by atoms with Crippen LogP contribution in [0.15, 0.2) is 40.9 Å². The number of hydrogen-bond acceptors (Lipinski definition) is 3. The van der Waals surface area contributed by atoms with E-state index in [1.165, 1.54) is 0 Å². The molecule has 0 amide bonds. The first-order valence-corrected chi connectivity index (χ1v) is 6.80. The van der Waals surface area contributed by atoms with Crippen molar-refractivity contribution in [3.05, 3.63) is 62.4 Å². The Balaban J connectivity index is 2.46. The lowest BCUT2D eigenvalue weighted by Crippen LogP contribution is -1.96. The lowest BCUT2D eigenvalue weighted by atomic mass is 10.2. The molecule has 0 saturated carbocycles. The lowest BCUT2D eigenvalue weighted by molar-refractivity contribution is -0.385. The van der Waals surface area contributed by atoms with Gasteiger partial charge in [-0.2, -0.15) is 0 Å². The summed E-state index contributed by atoms with van der Waals surface area (Å²) >= 11 is 9.05. The van der Waals surface area contributed by atoms with Crippen molar-refractivity contribution in [1.29, 1.82) is 0 Å². The Kier molecular flexibility index (Phi) is 4.57.